The second-order valence-electron chi connectivity index (χ2n) is 6.34. The third-order valence-electron chi connectivity index (χ3n) is 4.20. The number of hydrogen-bond donors (Lipinski definition) is 0. The van der Waals surface area contributed by atoms with Gasteiger partial charge < -0.3 is 9.12 Å². The van der Waals surface area contributed by atoms with Crippen molar-refractivity contribution in [2.75, 3.05) is 5.75 Å². The predicted octanol–water partition coefficient (Wildman–Crippen LogP) is 4.86. The van der Waals surface area contributed by atoms with Crippen LogP contribution in [0.1, 0.15) is 37.1 Å². The van der Waals surface area contributed by atoms with Crippen LogP contribution in [-0.2, 0) is 17.4 Å². The van der Waals surface area contributed by atoms with Crippen molar-refractivity contribution in [1.82, 2.24) is 14.5 Å². The van der Waals surface area contributed by atoms with Gasteiger partial charge in [-0.15, -0.1) is 0 Å². The summed E-state index contributed by atoms with van der Waals surface area (Å²) in [5.74, 6) is 0.917. The number of hydrogen-bond acceptors (Lipinski definition) is 3. The Balaban J connectivity index is 2.29. The molecule has 1 aromatic carbocycles. The minimum atomic E-state index is -4.51. The molecule has 1 fully saturated rings. The molecule has 8 heteroatoms. The average Bonchev–Trinajstić information content (AvgIpc) is 3.45. The van der Waals surface area contributed by atoms with Crippen molar-refractivity contribution in [2.45, 2.75) is 43.8 Å². The van der Waals surface area contributed by atoms with E-state index in [0.29, 0.717) is 22.0 Å². The molecule has 0 radical (unpaired) electrons. The molecule has 144 valence electrons. The molecular weight excluding hydrogens is 375 g/mol. The maximum Gasteiger partial charge on any atom is 0.417 e. The highest BCUT2D eigenvalue weighted by molar-refractivity contribution is 7.91. The molecule has 3 rings (SSSR count). The van der Waals surface area contributed by atoms with Crippen LogP contribution in [0.25, 0.3) is 11.4 Å². The number of alkyl halides is 3. The van der Waals surface area contributed by atoms with Crippen LogP contribution in [-0.4, -0.2) is 24.8 Å². The molecule has 0 amide bonds. The van der Waals surface area contributed by atoms with E-state index in [1.54, 1.807) is 22.8 Å². The average molecular weight is 395 g/mol. The van der Waals surface area contributed by atoms with Gasteiger partial charge in [0.15, 0.2) is 4.90 Å². The van der Waals surface area contributed by atoms with Crippen LogP contribution >= 0.6 is 0 Å². The molecule has 0 saturated heterocycles. The molecular formula is C19H20F3N3OS. The Morgan fingerprint density at radius 2 is 1.96 bits per heavy atom. The van der Waals surface area contributed by atoms with E-state index in [0.717, 1.165) is 25.1 Å². The molecule has 1 atom stereocenters. The van der Waals surface area contributed by atoms with Crippen LogP contribution in [0.2, 0.25) is 0 Å². The lowest BCUT2D eigenvalue weighted by Gasteiger charge is -2.15. The van der Waals surface area contributed by atoms with Gasteiger partial charge in [0.25, 0.3) is 0 Å². The highest BCUT2D eigenvalue weighted by Gasteiger charge is 2.31. The topological polar surface area (TPSA) is 53.8 Å². The van der Waals surface area contributed by atoms with Gasteiger partial charge in [-0.2, -0.15) is 13.2 Å². The minimum Gasteiger partial charge on any atom is -0.611 e. The Morgan fingerprint density at radius 1 is 1.26 bits per heavy atom. The maximum atomic E-state index is 13.2. The van der Waals surface area contributed by atoms with Crippen molar-refractivity contribution in [1.29, 1.82) is 0 Å². The van der Waals surface area contributed by atoms with E-state index in [4.69, 9.17) is 0 Å². The maximum absolute atomic E-state index is 13.2. The second-order valence-corrected chi connectivity index (χ2v) is 8.04. The fourth-order valence-electron chi connectivity index (χ4n) is 2.74. The Morgan fingerprint density at radius 3 is 2.59 bits per heavy atom. The van der Waals surface area contributed by atoms with E-state index in [9.17, 15) is 17.7 Å². The lowest BCUT2D eigenvalue weighted by atomic mass is 10.2. The normalized spacial score (nSPS) is 15.3. The molecule has 2 aromatic rings. The summed E-state index contributed by atoms with van der Waals surface area (Å²) in [6.07, 6.45) is -0.496. The molecule has 1 aromatic heterocycles. The summed E-state index contributed by atoms with van der Waals surface area (Å²) in [4.78, 5) is 9.01. The van der Waals surface area contributed by atoms with Gasteiger partial charge in [0.1, 0.15) is 11.6 Å². The number of benzene rings is 1. The second kappa shape index (κ2) is 7.90. The summed E-state index contributed by atoms with van der Waals surface area (Å²) in [7, 11) is 0. The zero-order chi connectivity index (χ0) is 19.6. The fraction of sp³-hybridized carbons (Fsp3) is 0.368. The predicted molar refractivity (Wildman–Crippen MR) is 98.0 cm³/mol. The van der Waals surface area contributed by atoms with Gasteiger partial charge in [0.05, 0.1) is 17.5 Å². The zero-order valence-corrected chi connectivity index (χ0v) is 15.8. The summed E-state index contributed by atoms with van der Waals surface area (Å²) in [6.45, 7) is 3.35. The van der Waals surface area contributed by atoms with Gasteiger partial charge in [-0.1, -0.05) is 12.1 Å². The third kappa shape index (κ3) is 4.62. The zero-order valence-electron chi connectivity index (χ0n) is 15.0. The smallest absolute Gasteiger partial charge is 0.417 e. The molecule has 1 heterocycles. The first-order chi connectivity index (χ1) is 12.8. The lowest BCUT2D eigenvalue weighted by Crippen LogP contribution is -2.09. The van der Waals surface area contributed by atoms with E-state index >= 15 is 0 Å². The Bertz CT molecular complexity index is 877. The first-order valence-electron chi connectivity index (χ1n) is 8.65. The van der Waals surface area contributed by atoms with Crippen molar-refractivity contribution >= 4 is 11.2 Å². The molecule has 0 spiro atoms. The van der Waals surface area contributed by atoms with E-state index in [1.807, 2.05) is 13.0 Å². The summed E-state index contributed by atoms with van der Waals surface area (Å²) in [5.41, 5.74) is 0.00321. The highest BCUT2D eigenvalue weighted by atomic mass is 32.2. The van der Waals surface area contributed by atoms with Crippen molar-refractivity contribution in [2.24, 2.45) is 0 Å². The molecule has 0 N–H and O–H groups in total. The van der Waals surface area contributed by atoms with Gasteiger partial charge in [-0.3, -0.25) is 0 Å². The molecule has 0 bridgehead atoms. The SMILES string of the molecule is CC[S+]([O-])c1ccccc1-c1nc(C)cc(C(F)(F)F)cncn1C1CC1. The van der Waals surface area contributed by atoms with Gasteiger partial charge in [-0.05, 0) is 56.1 Å². The van der Waals surface area contributed by atoms with E-state index in [1.165, 1.54) is 13.3 Å². The van der Waals surface area contributed by atoms with Gasteiger partial charge in [0, 0.05) is 17.9 Å². The van der Waals surface area contributed by atoms with E-state index in [2.05, 4.69) is 9.97 Å². The summed E-state index contributed by atoms with van der Waals surface area (Å²) in [6, 6.07) is 8.28. The largest absolute Gasteiger partial charge is 0.611 e. The quantitative estimate of drug-likeness (QED) is 0.695. The first-order valence-corrected chi connectivity index (χ1v) is 9.97. The van der Waals surface area contributed by atoms with Gasteiger partial charge >= 0.3 is 6.18 Å². The van der Waals surface area contributed by atoms with Crippen LogP contribution in [0.4, 0.5) is 13.2 Å². The van der Waals surface area contributed by atoms with E-state index in [-0.39, 0.29) is 11.7 Å². The molecule has 1 aliphatic carbocycles. The molecule has 27 heavy (non-hydrogen) atoms. The molecule has 4 nitrogen and oxygen atoms in total. The van der Waals surface area contributed by atoms with Gasteiger partial charge in [0.2, 0.25) is 0 Å². The number of aromatic nitrogens is 3. The number of nitrogens with zero attached hydrogens (tertiary/aromatic N) is 3. The number of halogens is 3. The Hall–Kier alpha value is -2.06. The lowest BCUT2D eigenvalue weighted by molar-refractivity contribution is -0.137. The number of aryl methyl sites for hydroxylation is 1. The van der Waals surface area contributed by atoms with Crippen LogP contribution < -0.4 is 0 Å². The summed E-state index contributed by atoms with van der Waals surface area (Å²) in [5, 5.41) is 0. The summed E-state index contributed by atoms with van der Waals surface area (Å²) >= 11 is -1.22. The Kier molecular flexibility index (Phi) is 5.76. The minimum absolute atomic E-state index is 0.129. The molecule has 0 aliphatic heterocycles. The van der Waals surface area contributed by atoms with Gasteiger partial charge in [-0.25, -0.2) is 9.97 Å². The van der Waals surface area contributed by atoms with Crippen LogP contribution in [0, 0.1) is 6.92 Å². The van der Waals surface area contributed by atoms with Crippen molar-refractivity contribution in [3.8, 4) is 11.4 Å². The van der Waals surface area contributed by atoms with E-state index < -0.39 is 22.9 Å². The van der Waals surface area contributed by atoms with Crippen LogP contribution in [0.15, 0.2) is 47.8 Å². The third-order valence-corrected chi connectivity index (χ3v) is 5.57. The standard InChI is InChI=1S/C19H20F3N3OS/c1-3-27(26)17-7-5-4-6-16(17)18-24-13(2)10-14(19(20,21)22)11-23-12-25(18)15-8-9-15/h4-7,10-12,15H,3,8-9H2,1-2H3. The fourth-order valence-corrected chi connectivity index (χ4v) is 3.69. The molecule has 1 unspecified atom stereocenters. The van der Waals surface area contributed by atoms with Crippen molar-refractivity contribution in [3.63, 3.8) is 0 Å². The number of rotatable bonds is 4. The monoisotopic (exact) mass is 395 g/mol. The van der Waals surface area contributed by atoms with Crippen LogP contribution in [0.3, 0.4) is 0 Å². The highest BCUT2D eigenvalue weighted by Crippen LogP contribution is 2.38. The Labute approximate surface area is 159 Å². The molecule has 1 saturated carbocycles. The van der Waals surface area contributed by atoms with Crippen molar-refractivity contribution in [3.05, 3.63) is 54.1 Å². The molecule has 1 aliphatic rings. The first kappa shape index (κ1) is 19.7. The van der Waals surface area contributed by atoms with Crippen LogP contribution in [0.5, 0.6) is 0 Å². The summed E-state index contributed by atoms with van der Waals surface area (Å²) < 4.78 is 53.8. The van der Waals surface area contributed by atoms with Crippen molar-refractivity contribution < 1.29 is 17.7 Å².